The molecule has 32 heavy (non-hydrogen) atoms. The van der Waals surface area contributed by atoms with Gasteiger partial charge in [0.25, 0.3) is 11.7 Å². The summed E-state index contributed by atoms with van der Waals surface area (Å²) in [5, 5.41) is 11.2. The van der Waals surface area contributed by atoms with Gasteiger partial charge in [-0.25, -0.2) is 0 Å². The van der Waals surface area contributed by atoms with E-state index in [0.29, 0.717) is 24.6 Å². The second-order valence-electron chi connectivity index (χ2n) is 8.96. The van der Waals surface area contributed by atoms with Crippen molar-refractivity contribution >= 4 is 17.4 Å². The summed E-state index contributed by atoms with van der Waals surface area (Å²) in [7, 11) is 0. The Morgan fingerprint density at radius 3 is 2.34 bits per heavy atom. The predicted octanol–water partition coefficient (Wildman–Crippen LogP) is 4.97. The lowest BCUT2D eigenvalue weighted by atomic mass is 9.93. The zero-order chi connectivity index (χ0) is 22.8. The maximum atomic E-state index is 13.1. The molecule has 2 aliphatic rings. The second-order valence-corrected chi connectivity index (χ2v) is 8.96. The molecular formula is C27H31NO4. The van der Waals surface area contributed by atoms with Gasteiger partial charge in [-0.15, -0.1) is 0 Å². The molecule has 2 saturated heterocycles. The third-order valence-electron chi connectivity index (χ3n) is 6.52. The summed E-state index contributed by atoms with van der Waals surface area (Å²) < 4.78 is 5.76. The van der Waals surface area contributed by atoms with Crippen LogP contribution in [0.3, 0.4) is 0 Å². The number of aliphatic hydroxyl groups excluding tert-OH is 1. The molecule has 2 atom stereocenters. The largest absolute Gasteiger partial charge is 0.507 e. The monoisotopic (exact) mass is 433 g/mol. The van der Waals surface area contributed by atoms with Crippen LogP contribution in [0.5, 0.6) is 0 Å². The molecule has 5 heteroatoms. The van der Waals surface area contributed by atoms with E-state index >= 15 is 0 Å². The Morgan fingerprint density at radius 1 is 1.09 bits per heavy atom. The number of hydrogen-bond donors (Lipinski definition) is 1. The van der Waals surface area contributed by atoms with Crippen molar-refractivity contribution in [1.29, 1.82) is 0 Å². The van der Waals surface area contributed by atoms with Crippen LogP contribution >= 0.6 is 0 Å². The molecule has 0 spiro atoms. The fourth-order valence-corrected chi connectivity index (χ4v) is 4.54. The molecule has 2 unspecified atom stereocenters. The minimum absolute atomic E-state index is 0.0884. The fraction of sp³-hybridized carbons (Fsp3) is 0.407. The van der Waals surface area contributed by atoms with Crippen molar-refractivity contribution in [2.75, 3.05) is 13.2 Å². The topological polar surface area (TPSA) is 66.8 Å². The summed E-state index contributed by atoms with van der Waals surface area (Å²) in [6.45, 7) is 7.32. The Balaban J connectivity index is 1.79. The molecule has 1 amide bonds. The highest BCUT2D eigenvalue weighted by molar-refractivity contribution is 6.46. The van der Waals surface area contributed by atoms with Crippen LogP contribution in [0.1, 0.15) is 67.8 Å². The van der Waals surface area contributed by atoms with E-state index in [1.54, 1.807) is 17.0 Å². The van der Waals surface area contributed by atoms with Gasteiger partial charge in [0.15, 0.2) is 0 Å². The normalized spacial score (nSPS) is 22.8. The number of likely N-dealkylation sites (tertiary alicyclic amines) is 1. The number of Topliss-reactive ketones (excluding diaryl/α,β-unsaturated/α-hetero) is 1. The molecule has 0 saturated carbocycles. The van der Waals surface area contributed by atoms with Crippen LogP contribution in [0.4, 0.5) is 0 Å². The van der Waals surface area contributed by atoms with Crippen molar-refractivity contribution in [3.63, 3.8) is 0 Å². The summed E-state index contributed by atoms with van der Waals surface area (Å²) in [5.41, 5.74) is 3.83. The van der Waals surface area contributed by atoms with Crippen LogP contribution < -0.4 is 0 Å². The molecule has 2 aliphatic heterocycles. The second kappa shape index (κ2) is 9.29. The highest BCUT2D eigenvalue weighted by Crippen LogP contribution is 2.40. The van der Waals surface area contributed by atoms with Gasteiger partial charge >= 0.3 is 0 Å². The molecule has 2 aromatic rings. The SMILES string of the molecule is CCc1ccc(/C(O)=C2/C(=O)C(=O)N(CC3CCCO3)C2c2ccc(C(C)C)cc2)cc1. The Morgan fingerprint density at radius 2 is 1.78 bits per heavy atom. The van der Waals surface area contributed by atoms with Crippen molar-refractivity contribution in [1.82, 2.24) is 4.90 Å². The number of carbonyl (C=O) groups is 2. The summed E-state index contributed by atoms with van der Waals surface area (Å²) in [5.74, 6) is -0.971. The minimum atomic E-state index is -0.641. The van der Waals surface area contributed by atoms with Gasteiger partial charge in [-0.2, -0.15) is 0 Å². The number of rotatable bonds is 6. The van der Waals surface area contributed by atoms with Crippen LogP contribution in [0.25, 0.3) is 5.76 Å². The highest BCUT2D eigenvalue weighted by atomic mass is 16.5. The molecule has 0 aliphatic carbocycles. The average molecular weight is 434 g/mol. The number of carbonyl (C=O) groups excluding carboxylic acids is 2. The molecule has 1 N–H and O–H groups in total. The van der Waals surface area contributed by atoms with E-state index in [1.165, 1.54) is 5.56 Å². The van der Waals surface area contributed by atoms with Crippen molar-refractivity contribution in [2.45, 2.75) is 58.1 Å². The first-order chi connectivity index (χ1) is 15.4. The summed E-state index contributed by atoms with van der Waals surface area (Å²) in [6, 6.07) is 14.8. The standard InChI is InChI=1S/C27H31NO4/c1-4-18-7-9-21(10-8-18)25(29)23-24(20-13-11-19(12-14-20)17(2)3)28(27(31)26(23)30)16-22-6-5-15-32-22/h7-14,17,22,24,29H,4-6,15-16H2,1-3H3/b25-23-. The maximum Gasteiger partial charge on any atom is 0.295 e. The number of aliphatic hydroxyl groups is 1. The number of benzene rings is 2. The first-order valence-electron chi connectivity index (χ1n) is 11.5. The van der Waals surface area contributed by atoms with Gasteiger partial charge in [0.05, 0.1) is 17.7 Å². The molecule has 4 rings (SSSR count). The van der Waals surface area contributed by atoms with E-state index in [-0.39, 0.29) is 17.4 Å². The third kappa shape index (κ3) is 4.22. The van der Waals surface area contributed by atoms with E-state index in [9.17, 15) is 14.7 Å². The molecule has 2 aromatic carbocycles. The highest BCUT2D eigenvalue weighted by Gasteiger charge is 2.47. The molecule has 2 heterocycles. The van der Waals surface area contributed by atoms with Crippen molar-refractivity contribution < 1.29 is 19.4 Å². The van der Waals surface area contributed by atoms with Crippen molar-refractivity contribution in [2.24, 2.45) is 0 Å². The smallest absolute Gasteiger partial charge is 0.295 e. The Kier molecular flexibility index (Phi) is 6.47. The van der Waals surface area contributed by atoms with Crippen LogP contribution in [0, 0.1) is 0 Å². The Hall–Kier alpha value is -2.92. The molecule has 0 radical (unpaired) electrons. The number of nitrogens with zero attached hydrogens (tertiary/aromatic N) is 1. The van der Waals surface area contributed by atoms with E-state index < -0.39 is 17.7 Å². The lowest BCUT2D eigenvalue weighted by Gasteiger charge is -2.27. The van der Waals surface area contributed by atoms with Gasteiger partial charge in [-0.05, 0) is 41.9 Å². The third-order valence-corrected chi connectivity index (χ3v) is 6.52. The van der Waals surface area contributed by atoms with E-state index in [2.05, 4.69) is 20.8 Å². The predicted molar refractivity (Wildman–Crippen MR) is 124 cm³/mol. The molecular weight excluding hydrogens is 402 g/mol. The Labute approximate surface area is 189 Å². The van der Waals surface area contributed by atoms with E-state index in [0.717, 1.165) is 30.4 Å². The molecule has 0 bridgehead atoms. The zero-order valence-electron chi connectivity index (χ0n) is 19.0. The van der Waals surface area contributed by atoms with Crippen molar-refractivity contribution in [3.05, 3.63) is 76.4 Å². The maximum absolute atomic E-state index is 13.1. The first-order valence-corrected chi connectivity index (χ1v) is 11.5. The van der Waals surface area contributed by atoms with Crippen LogP contribution in [0.15, 0.2) is 54.1 Å². The zero-order valence-corrected chi connectivity index (χ0v) is 19.0. The van der Waals surface area contributed by atoms with Crippen LogP contribution in [0.2, 0.25) is 0 Å². The number of amides is 1. The lowest BCUT2D eigenvalue weighted by Crippen LogP contribution is -2.36. The van der Waals surface area contributed by atoms with Gasteiger partial charge in [-0.1, -0.05) is 69.3 Å². The minimum Gasteiger partial charge on any atom is -0.507 e. The average Bonchev–Trinajstić information content (AvgIpc) is 3.41. The summed E-state index contributed by atoms with van der Waals surface area (Å²) in [6.07, 6.45) is 2.61. The van der Waals surface area contributed by atoms with Gasteiger partial charge in [0.1, 0.15) is 5.76 Å². The number of aryl methyl sites for hydroxylation is 1. The number of hydrogen-bond acceptors (Lipinski definition) is 4. The Bertz CT molecular complexity index is 1010. The molecule has 5 nitrogen and oxygen atoms in total. The number of ether oxygens (including phenoxy) is 1. The van der Waals surface area contributed by atoms with Gasteiger partial charge < -0.3 is 14.7 Å². The van der Waals surface area contributed by atoms with Gasteiger partial charge in [0, 0.05) is 18.7 Å². The van der Waals surface area contributed by atoms with E-state index in [4.69, 9.17) is 4.74 Å². The first kappa shape index (κ1) is 22.3. The molecule has 2 fully saturated rings. The van der Waals surface area contributed by atoms with Crippen molar-refractivity contribution in [3.8, 4) is 0 Å². The molecule has 0 aromatic heterocycles. The van der Waals surface area contributed by atoms with Gasteiger partial charge in [0.2, 0.25) is 0 Å². The summed E-state index contributed by atoms with van der Waals surface area (Å²) in [4.78, 5) is 27.8. The number of ketones is 1. The van der Waals surface area contributed by atoms with Crippen LogP contribution in [-0.4, -0.2) is 41.0 Å². The lowest BCUT2D eigenvalue weighted by molar-refractivity contribution is -0.140. The van der Waals surface area contributed by atoms with Crippen LogP contribution in [-0.2, 0) is 20.7 Å². The fourth-order valence-electron chi connectivity index (χ4n) is 4.54. The summed E-state index contributed by atoms with van der Waals surface area (Å²) >= 11 is 0. The quantitative estimate of drug-likeness (QED) is 0.397. The van der Waals surface area contributed by atoms with Gasteiger partial charge in [-0.3, -0.25) is 9.59 Å². The molecule has 168 valence electrons. The van der Waals surface area contributed by atoms with E-state index in [1.807, 2.05) is 36.4 Å².